The quantitative estimate of drug-likeness (QED) is 0.898. The highest BCUT2D eigenvalue weighted by Crippen LogP contribution is 2.42. The molecule has 3 heterocycles. The number of urea groups is 1. The van der Waals surface area contributed by atoms with Gasteiger partial charge in [0.1, 0.15) is 5.01 Å². The summed E-state index contributed by atoms with van der Waals surface area (Å²) in [4.78, 5) is 16.8. The van der Waals surface area contributed by atoms with Gasteiger partial charge in [-0.05, 0) is 44.9 Å². The first-order chi connectivity index (χ1) is 10.2. The summed E-state index contributed by atoms with van der Waals surface area (Å²) in [6.45, 7) is 2.00. The Kier molecular flexibility index (Phi) is 3.38. The van der Waals surface area contributed by atoms with Crippen molar-refractivity contribution in [3.63, 3.8) is 0 Å². The number of thiazole rings is 1. The van der Waals surface area contributed by atoms with Gasteiger partial charge in [-0.1, -0.05) is 0 Å². The molecule has 6 heteroatoms. The molecule has 4 atom stereocenters. The molecular formula is C15H21N3O2S. The van der Waals surface area contributed by atoms with Crippen LogP contribution in [-0.4, -0.2) is 29.3 Å². The number of carbonyl (C=O) groups excluding carboxylic acids is 1. The molecule has 2 saturated heterocycles. The van der Waals surface area contributed by atoms with Crippen LogP contribution in [-0.2, 0) is 4.74 Å². The number of amides is 2. The lowest BCUT2D eigenvalue weighted by molar-refractivity contribution is 0.0980. The fourth-order valence-corrected chi connectivity index (χ4v) is 4.41. The van der Waals surface area contributed by atoms with Crippen molar-refractivity contribution in [3.05, 3.63) is 16.1 Å². The monoisotopic (exact) mass is 307 g/mol. The van der Waals surface area contributed by atoms with E-state index in [-0.39, 0.29) is 24.2 Å². The lowest BCUT2D eigenvalue weighted by atomic mass is 9.96. The summed E-state index contributed by atoms with van der Waals surface area (Å²) in [6, 6.07) is 0.186. The largest absolute Gasteiger partial charge is 0.373 e. The third kappa shape index (κ3) is 2.79. The molecule has 2 bridgehead atoms. The van der Waals surface area contributed by atoms with Crippen molar-refractivity contribution in [2.24, 2.45) is 5.92 Å². The van der Waals surface area contributed by atoms with Crippen LogP contribution in [0.4, 0.5) is 4.79 Å². The minimum Gasteiger partial charge on any atom is -0.373 e. The van der Waals surface area contributed by atoms with Crippen LogP contribution in [0.1, 0.15) is 48.8 Å². The fourth-order valence-electron chi connectivity index (χ4n) is 3.47. The van der Waals surface area contributed by atoms with E-state index in [9.17, 15) is 4.79 Å². The van der Waals surface area contributed by atoms with Gasteiger partial charge in [0.05, 0.1) is 24.3 Å². The van der Waals surface area contributed by atoms with Crippen molar-refractivity contribution in [3.8, 4) is 0 Å². The van der Waals surface area contributed by atoms with Gasteiger partial charge in [-0.2, -0.15) is 0 Å². The Morgan fingerprint density at radius 2 is 2.29 bits per heavy atom. The van der Waals surface area contributed by atoms with E-state index in [1.165, 1.54) is 12.8 Å². The normalized spacial score (nSPS) is 32.1. The standard InChI is InChI=1S/C15H21N3O2S/c1-8-7-21-14(16-8)13(9-2-3-9)18-15(19)17-11-6-10-4-5-12(11)20-10/h7,9-13H,2-6H2,1H3,(H2,17,18,19). The summed E-state index contributed by atoms with van der Waals surface area (Å²) in [7, 11) is 0. The zero-order valence-electron chi connectivity index (χ0n) is 12.2. The van der Waals surface area contributed by atoms with E-state index in [2.05, 4.69) is 15.6 Å². The first kappa shape index (κ1) is 13.5. The van der Waals surface area contributed by atoms with Gasteiger partial charge in [0.15, 0.2) is 0 Å². The van der Waals surface area contributed by atoms with Crippen molar-refractivity contribution in [1.82, 2.24) is 15.6 Å². The minimum absolute atomic E-state index is 0.0686. The van der Waals surface area contributed by atoms with E-state index < -0.39 is 0 Å². The van der Waals surface area contributed by atoms with Crippen LogP contribution in [0.3, 0.4) is 0 Å². The predicted molar refractivity (Wildman–Crippen MR) is 80.3 cm³/mol. The highest BCUT2D eigenvalue weighted by Gasteiger charge is 2.42. The molecule has 1 aromatic heterocycles. The number of carbonyl (C=O) groups is 1. The Morgan fingerprint density at radius 1 is 1.43 bits per heavy atom. The molecule has 2 amide bonds. The summed E-state index contributed by atoms with van der Waals surface area (Å²) in [5, 5.41) is 9.33. The van der Waals surface area contributed by atoms with Gasteiger partial charge in [0, 0.05) is 11.1 Å². The Labute approximate surface area is 128 Å². The fraction of sp³-hybridized carbons (Fsp3) is 0.733. The number of nitrogens with zero attached hydrogens (tertiary/aromatic N) is 1. The molecule has 2 N–H and O–H groups in total. The second-order valence-electron chi connectivity index (χ2n) is 6.48. The maximum Gasteiger partial charge on any atom is 0.315 e. The zero-order chi connectivity index (χ0) is 14.4. The molecule has 3 aliphatic rings. The molecule has 0 radical (unpaired) electrons. The van der Waals surface area contributed by atoms with Gasteiger partial charge in [-0.3, -0.25) is 0 Å². The van der Waals surface area contributed by atoms with E-state index in [1.54, 1.807) is 11.3 Å². The van der Waals surface area contributed by atoms with E-state index >= 15 is 0 Å². The number of ether oxygens (including phenoxy) is 1. The highest BCUT2D eigenvalue weighted by atomic mass is 32.1. The van der Waals surface area contributed by atoms with Crippen LogP contribution >= 0.6 is 11.3 Å². The molecule has 1 aliphatic carbocycles. The summed E-state index contributed by atoms with van der Waals surface area (Å²) in [5.74, 6) is 0.553. The van der Waals surface area contributed by atoms with E-state index in [0.717, 1.165) is 30.0 Å². The first-order valence-electron chi connectivity index (χ1n) is 7.83. The van der Waals surface area contributed by atoms with E-state index in [0.29, 0.717) is 12.0 Å². The van der Waals surface area contributed by atoms with Crippen molar-refractivity contribution in [2.45, 2.75) is 63.3 Å². The molecule has 1 aromatic rings. The number of fused-ring (bicyclic) bond motifs is 2. The van der Waals surface area contributed by atoms with Gasteiger partial charge in [0.25, 0.3) is 0 Å². The molecule has 4 rings (SSSR count). The average Bonchev–Trinajstić information content (AvgIpc) is 2.87. The highest BCUT2D eigenvalue weighted by molar-refractivity contribution is 7.09. The zero-order valence-corrected chi connectivity index (χ0v) is 13.0. The van der Waals surface area contributed by atoms with Crippen molar-refractivity contribution in [2.75, 3.05) is 0 Å². The second-order valence-corrected chi connectivity index (χ2v) is 7.37. The SMILES string of the molecule is Cc1csc(C(NC(=O)NC2CC3CCC2O3)C2CC2)n1. The summed E-state index contributed by atoms with van der Waals surface area (Å²) in [5.41, 5.74) is 1.03. The Bertz CT molecular complexity index is 543. The molecule has 2 aliphatic heterocycles. The van der Waals surface area contributed by atoms with E-state index in [1.807, 2.05) is 12.3 Å². The van der Waals surface area contributed by atoms with Crippen LogP contribution in [0.5, 0.6) is 0 Å². The summed E-state index contributed by atoms with van der Waals surface area (Å²) < 4.78 is 5.79. The lowest BCUT2D eigenvalue weighted by Gasteiger charge is -2.22. The van der Waals surface area contributed by atoms with Crippen molar-refractivity contribution >= 4 is 17.4 Å². The molecule has 3 fully saturated rings. The summed E-state index contributed by atoms with van der Waals surface area (Å²) >= 11 is 1.64. The molecule has 5 nitrogen and oxygen atoms in total. The van der Waals surface area contributed by atoms with Crippen LogP contribution in [0, 0.1) is 12.8 Å². The van der Waals surface area contributed by atoms with Gasteiger partial charge in [0.2, 0.25) is 0 Å². The van der Waals surface area contributed by atoms with Crippen molar-refractivity contribution < 1.29 is 9.53 Å². The number of nitrogens with one attached hydrogen (secondary N) is 2. The van der Waals surface area contributed by atoms with Crippen LogP contribution in [0.25, 0.3) is 0 Å². The van der Waals surface area contributed by atoms with E-state index in [4.69, 9.17) is 4.74 Å². The molecular weight excluding hydrogens is 286 g/mol. The van der Waals surface area contributed by atoms with Gasteiger partial charge in [-0.15, -0.1) is 11.3 Å². The second kappa shape index (κ2) is 5.25. The van der Waals surface area contributed by atoms with Crippen LogP contribution < -0.4 is 10.6 Å². The first-order valence-corrected chi connectivity index (χ1v) is 8.71. The molecule has 1 saturated carbocycles. The number of aryl methyl sites for hydroxylation is 1. The minimum atomic E-state index is -0.0686. The molecule has 0 spiro atoms. The number of hydrogen-bond donors (Lipinski definition) is 2. The average molecular weight is 307 g/mol. The smallest absolute Gasteiger partial charge is 0.315 e. The maximum absolute atomic E-state index is 12.3. The predicted octanol–water partition coefficient (Wildman–Crippen LogP) is 2.52. The third-order valence-electron chi connectivity index (χ3n) is 4.71. The Hall–Kier alpha value is -1.14. The Balaban J connectivity index is 1.38. The topological polar surface area (TPSA) is 63.2 Å². The lowest BCUT2D eigenvalue weighted by Crippen LogP contribution is -2.47. The van der Waals surface area contributed by atoms with Crippen LogP contribution in [0.2, 0.25) is 0 Å². The number of hydrogen-bond acceptors (Lipinski definition) is 4. The number of rotatable bonds is 4. The molecule has 114 valence electrons. The third-order valence-corrected chi connectivity index (χ3v) is 5.75. The number of aromatic nitrogens is 1. The Morgan fingerprint density at radius 3 is 2.86 bits per heavy atom. The maximum atomic E-state index is 12.3. The molecule has 0 aromatic carbocycles. The van der Waals surface area contributed by atoms with Crippen molar-refractivity contribution in [1.29, 1.82) is 0 Å². The van der Waals surface area contributed by atoms with Gasteiger partial charge >= 0.3 is 6.03 Å². The summed E-state index contributed by atoms with van der Waals surface area (Å²) in [6.07, 6.45) is 6.13. The molecule has 4 unspecified atom stereocenters. The van der Waals surface area contributed by atoms with Crippen LogP contribution in [0.15, 0.2) is 5.38 Å². The van der Waals surface area contributed by atoms with Gasteiger partial charge in [-0.25, -0.2) is 9.78 Å². The molecule has 21 heavy (non-hydrogen) atoms. The van der Waals surface area contributed by atoms with Gasteiger partial charge < -0.3 is 15.4 Å².